The van der Waals surface area contributed by atoms with Crippen LogP contribution in [-0.2, 0) is 0 Å². The lowest BCUT2D eigenvalue weighted by Gasteiger charge is -2.04. The van der Waals surface area contributed by atoms with E-state index >= 15 is 0 Å². The molecule has 4 heteroatoms. The highest BCUT2D eigenvalue weighted by molar-refractivity contribution is 7.80. The summed E-state index contributed by atoms with van der Waals surface area (Å²) in [5.74, 6) is 0. The third kappa shape index (κ3) is 2.45. The van der Waals surface area contributed by atoms with E-state index in [1.807, 2.05) is 0 Å². The molecule has 1 aromatic rings. The molecule has 1 rings (SSSR count). The summed E-state index contributed by atoms with van der Waals surface area (Å²) in [7, 11) is 0. The molecule has 11 heavy (non-hydrogen) atoms. The summed E-state index contributed by atoms with van der Waals surface area (Å²) in [6, 6.07) is 5.20. The molecule has 0 heterocycles. The summed E-state index contributed by atoms with van der Waals surface area (Å²) < 4.78 is 0. The molecular formula is C7H5Cl3S. The Morgan fingerprint density at radius 1 is 1.27 bits per heavy atom. The number of thiol groups is 1. The summed E-state index contributed by atoms with van der Waals surface area (Å²) in [5, 5.41) is 0.615. The van der Waals surface area contributed by atoms with Crippen LogP contribution in [0.25, 0.3) is 0 Å². The second-order valence-corrected chi connectivity index (χ2v) is 4.02. The average Bonchev–Trinajstić information content (AvgIpc) is 1.94. The molecule has 0 fully saturated rings. The SMILES string of the molecule is Sc1ccc(Cl)cc1C(Cl)Cl. The fourth-order valence-electron chi connectivity index (χ4n) is 0.700. The van der Waals surface area contributed by atoms with Gasteiger partial charge in [0.05, 0.1) is 0 Å². The maximum absolute atomic E-state index is 5.71. The minimum Gasteiger partial charge on any atom is -0.143 e. The minimum atomic E-state index is -0.568. The standard InChI is InChI=1S/C7H5Cl3S/c8-4-1-2-6(11)5(3-4)7(9)10/h1-3,7,11H. The first kappa shape index (κ1) is 9.53. The van der Waals surface area contributed by atoms with Crippen LogP contribution in [-0.4, -0.2) is 0 Å². The van der Waals surface area contributed by atoms with Gasteiger partial charge in [-0.25, -0.2) is 0 Å². The normalized spacial score (nSPS) is 10.6. The van der Waals surface area contributed by atoms with E-state index in [9.17, 15) is 0 Å². The third-order valence-corrected chi connectivity index (χ3v) is 2.34. The van der Waals surface area contributed by atoms with Crippen LogP contribution >= 0.6 is 47.4 Å². The number of alkyl halides is 2. The Balaban J connectivity index is 3.13. The zero-order chi connectivity index (χ0) is 8.43. The van der Waals surface area contributed by atoms with Crippen molar-refractivity contribution in [3.05, 3.63) is 28.8 Å². The van der Waals surface area contributed by atoms with E-state index in [-0.39, 0.29) is 0 Å². The van der Waals surface area contributed by atoms with Crippen LogP contribution in [0, 0.1) is 0 Å². The molecule has 0 N–H and O–H groups in total. The predicted molar refractivity (Wildman–Crippen MR) is 53.2 cm³/mol. The van der Waals surface area contributed by atoms with Crippen LogP contribution in [0.1, 0.15) is 10.4 Å². The Kier molecular flexibility index (Phi) is 3.38. The Morgan fingerprint density at radius 3 is 2.36 bits per heavy atom. The zero-order valence-corrected chi connectivity index (χ0v) is 8.55. The van der Waals surface area contributed by atoms with E-state index in [2.05, 4.69) is 12.6 Å². The van der Waals surface area contributed by atoms with Crippen LogP contribution in [0.15, 0.2) is 23.1 Å². The predicted octanol–water partition coefficient (Wildman–Crippen LogP) is 4.10. The van der Waals surface area contributed by atoms with Gasteiger partial charge in [-0.2, -0.15) is 0 Å². The highest BCUT2D eigenvalue weighted by Gasteiger charge is 2.07. The number of halogens is 3. The summed E-state index contributed by atoms with van der Waals surface area (Å²) in [6.45, 7) is 0. The second kappa shape index (κ2) is 3.90. The van der Waals surface area contributed by atoms with Gasteiger partial charge in [-0.3, -0.25) is 0 Å². The molecule has 0 aromatic heterocycles. The molecule has 60 valence electrons. The first-order chi connectivity index (χ1) is 5.11. The molecule has 0 saturated heterocycles. The molecule has 0 radical (unpaired) electrons. The fraction of sp³-hybridized carbons (Fsp3) is 0.143. The average molecular weight is 228 g/mol. The topological polar surface area (TPSA) is 0 Å². The quantitative estimate of drug-likeness (QED) is 0.542. The maximum Gasteiger partial charge on any atom is 0.133 e. The van der Waals surface area contributed by atoms with Gasteiger partial charge in [-0.1, -0.05) is 11.6 Å². The van der Waals surface area contributed by atoms with Gasteiger partial charge in [0.1, 0.15) is 4.84 Å². The van der Waals surface area contributed by atoms with Gasteiger partial charge in [-0.05, 0) is 23.8 Å². The van der Waals surface area contributed by atoms with E-state index in [0.29, 0.717) is 5.02 Å². The van der Waals surface area contributed by atoms with Crippen molar-refractivity contribution < 1.29 is 0 Å². The van der Waals surface area contributed by atoms with Crippen molar-refractivity contribution >= 4 is 47.4 Å². The largest absolute Gasteiger partial charge is 0.143 e. The zero-order valence-electron chi connectivity index (χ0n) is 5.39. The monoisotopic (exact) mass is 226 g/mol. The van der Waals surface area contributed by atoms with E-state index in [1.54, 1.807) is 18.2 Å². The lowest BCUT2D eigenvalue weighted by Crippen LogP contribution is -1.83. The third-order valence-electron chi connectivity index (χ3n) is 1.22. The van der Waals surface area contributed by atoms with Gasteiger partial charge < -0.3 is 0 Å². The molecule has 0 atom stereocenters. The van der Waals surface area contributed by atoms with E-state index in [1.165, 1.54) is 0 Å². The first-order valence-corrected chi connectivity index (χ1v) is 4.57. The number of hydrogen-bond acceptors (Lipinski definition) is 1. The molecule has 0 saturated carbocycles. The lowest BCUT2D eigenvalue weighted by atomic mass is 10.2. The van der Waals surface area contributed by atoms with Gasteiger partial charge in [0, 0.05) is 9.92 Å². The molecule has 0 amide bonds. The summed E-state index contributed by atoms with van der Waals surface area (Å²) in [4.78, 5) is 0.186. The molecular weight excluding hydrogens is 223 g/mol. The molecule has 0 unspecified atom stereocenters. The molecule has 0 bridgehead atoms. The molecule has 0 spiro atoms. The number of rotatable bonds is 1. The summed E-state index contributed by atoms with van der Waals surface area (Å²) in [6.07, 6.45) is 0. The van der Waals surface area contributed by atoms with Crippen LogP contribution < -0.4 is 0 Å². The fourth-order valence-corrected chi connectivity index (χ4v) is 1.66. The Morgan fingerprint density at radius 2 is 1.91 bits per heavy atom. The van der Waals surface area contributed by atoms with Gasteiger partial charge in [-0.15, -0.1) is 35.8 Å². The minimum absolute atomic E-state index is 0.568. The highest BCUT2D eigenvalue weighted by Crippen LogP contribution is 2.31. The highest BCUT2D eigenvalue weighted by atomic mass is 35.5. The van der Waals surface area contributed by atoms with E-state index < -0.39 is 4.84 Å². The Hall–Kier alpha value is 0.440. The number of benzene rings is 1. The Labute approximate surface area is 85.9 Å². The van der Waals surface area contributed by atoms with Crippen molar-refractivity contribution in [3.63, 3.8) is 0 Å². The summed E-state index contributed by atoms with van der Waals surface area (Å²) in [5.41, 5.74) is 0.740. The van der Waals surface area contributed by atoms with Crippen molar-refractivity contribution in [2.45, 2.75) is 9.73 Å². The van der Waals surface area contributed by atoms with Gasteiger partial charge in [0.25, 0.3) is 0 Å². The van der Waals surface area contributed by atoms with Gasteiger partial charge >= 0.3 is 0 Å². The van der Waals surface area contributed by atoms with Crippen molar-refractivity contribution in [2.75, 3.05) is 0 Å². The van der Waals surface area contributed by atoms with Crippen molar-refractivity contribution in [2.24, 2.45) is 0 Å². The molecule has 0 aliphatic carbocycles. The smallest absolute Gasteiger partial charge is 0.133 e. The summed E-state index contributed by atoms with van der Waals surface area (Å²) >= 11 is 21.1. The first-order valence-electron chi connectivity index (χ1n) is 2.88. The molecule has 0 aliphatic rings. The lowest BCUT2D eigenvalue weighted by molar-refractivity contribution is 1.23. The van der Waals surface area contributed by atoms with Crippen LogP contribution in [0.2, 0.25) is 5.02 Å². The Bertz CT molecular complexity index is 260. The second-order valence-electron chi connectivity index (χ2n) is 2.00. The van der Waals surface area contributed by atoms with Crippen molar-refractivity contribution in [3.8, 4) is 0 Å². The molecule has 0 aliphatic heterocycles. The van der Waals surface area contributed by atoms with Crippen LogP contribution in [0.4, 0.5) is 0 Å². The van der Waals surface area contributed by atoms with E-state index in [0.717, 1.165) is 10.5 Å². The molecule has 0 nitrogen and oxygen atoms in total. The maximum atomic E-state index is 5.71. The van der Waals surface area contributed by atoms with E-state index in [4.69, 9.17) is 34.8 Å². The van der Waals surface area contributed by atoms with Crippen molar-refractivity contribution in [1.29, 1.82) is 0 Å². The van der Waals surface area contributed by atoms with Gasteiger partial charge in [0.15, 0.2) is 0 Å². The van der Waals surface area contributed by atoms with Crippen LogP contribution in [0.5, 0.6) is 0 Å². The van der Waals surface area contributed by atoms with Gasteiger partial charge in [0.2, 0.25) is 0 Å². The van der Waals surface area contributed by atoms with Crippen LogP contribution in [0.3, 0.4) is 0 Å². The molecule has 1 aromatic carbocycles. The van der Waals surface area contributed by atoms with Crippen molar-refractivity contribution in [1.82, 2.24) is 0 Å². The number of hydrogen-bond donors (Lipinski definition) is 1.